The predicted octanol–water partition coefficient (Wildman–Crippen LogP) is 1.35. The molecular weight excluding hydrogens is 348 g/mol. The Labute approximate surface area is 163 Å². The monoisotopic (exact) mass is 382 g/mol. The molecular formula is C19H34N4O2S. The van der Waals surface area contributed by atoms with Crippen LogP contribution in [0.3, 0.4) is 0 Å². The van der Waals surface area contributed by atoms with E-state index in [9.17, 15) is 4.79 Å². The first kappa shape index (κ1) is 19.8. The zero-order chi connectivity index (χ0) is 18.2. The molecule has 148 valence electrons. The van der Waals surface area contributed by atoms with E-state index in [1.165, 1.54) is 19.3 Å². The SMILES string of the molecule is O=C(C1CCCCC1)N1CCC(NC(=S)NCCN2CCOCC2)CC1. The second kappa shape index (κ2) is 10.4. The Bertz CT molecular complexity index is 456. The fourth-order valence-corrected chi connectivity index (χ4v) is 4.51. The number of hydrogen-bond donors (Lipinski definition) is 2. The summed E-state index contributed by atoms with van der Waals surface area (Å²) < 4.78 is 5.36. The van der Waals surface area contributed by atoms with E-state index in [1.807, 2.05) is 0 Å². The molecule has 7 heteroatoms. The standard InChI is InChI=1S/C19H34N4O2S/c24-18(16-4-2-1-3-5-16)23-9-6-17(7-10-23)21-19(26)20-8-11-22-12-14-25-15-13-22/h16-17H,1-15H2,(H2,20,21,26). The van der Waals surface area contributed by atoms with Gasteiger partial charge in [-0.2, -0.15) is 0 Å². The van der Waals surface area contributed by atoms with Gasteiger partial charge in [-0.05, 0) is 37.9 Å². The molecule has 1 saturated carbocycles. The highest BCUT2D eigenvalue weighted by molar-refractivity contribution is 7.80. The lowest BCUT2D eigenvalue weighted by molar-refractivity contribution is -0.137. The molecule has 2 saturated heterocycles. The van der Waals surface area contributed by atoms with Gasteiger partial charge >= 0.3 is 0 Å². The number of nitrogens with one attached hydrogen (secondary N) is 2. The first-order valence-corrected chi connectivity index (χ1v) is 10.8. The lowest BCUT2D eigenvalue weighted by Gasteiger charge is -2.36. The van der Waals surface area contributed by atoms with Crippen molar-refractivity contribution >= 4 is 23.2 Å². The van der Waals surface area contributed by atoms with Crippen LogP contribution in [0.4, 0.5) is 0 Å². The maximum atomic E-state index is 12.6. The molecule has 0 radical (unpaired) electrons. The molecule has 3 rings (SSSR count). The van der Waals surface area contributed by atoms with Crippen LogP contribution >= 0.6 is 12.2 Å². The van der Waals surface area contributed by atoms with E-state index in [4.69, 9.17) is 17.0 Å². The predicted molar refractivity (Wildman–Crippen MR) is 107 cm³/mol. The minimum absolute atomic E-state index is 0.288. The van der Waals surface area contributed by atoms with Gasteiger partial charge in [0.1, 0.15) is 0 Å². The van der Waals surface area contributed by atoms with Gasteiger partial charge in [-0.25, -0.2) is 0 Å². The van der Waals surface area contributed by atoms with Crippen LogP contribution in [0.25, 0.3) is 0 Å². The van der Waals surface area contributed by atoms with Crippen LogP contribution in [0.15, 0.2) is 0 Å². The molecule has 0 atom stereocenters. The molecule has 3 aliphatic rings. The second-order valence-electron chi connectivity index (χ2n) is 7.79. The van der Waals surface area contributed by atoms with E-state index in [1.54, 1.807) is 0 Å². The fraction of sp³-hybridized carbons (Fsp3) is 0.895. The third kappa shape index (κ3) is 6.06. The summed E-state index contributed by atoms with van der Waals surface area (Å²) in [5.74, 6) is 0.686. The van der Waals surface area contributed by atoms with E-state index in [-0.39, 0.29) is 5.92 Å². The second-order valence-corrected chi connectivity index (χ2v) is 8.20. The molecule has 2 heterocycles. The molecule has 0 aromatic heterocycles. The molecule has 0 aromatic rings. The lowest BCUT2D eigenvalue weighted by atomic mass is 9.87. The number of likely N-dealkylation sites (tertiary alicyclic amines) is 1. The molecule has 0 aromatic carbocycles. The number of piperidine rings is 1. The minimum Gasteiger partial charge on any atom is -0.379 e. The summed E-state index contributed by atoms with van der Waals surface area (Å²) in [5, 5.41) is 7.50. The van der Waals surface area contributed by atoms with Gasteiger partial charge in [0.15, 0.2) is 5.11 Å². The highest BCUT2D eigenvalue weighted by Gasteiger charge is 2.29. The largest absolute Gasteiger partial charge is 0.379 e. The topological polar surface area (TPSA) is 56.8 Å². The van der Waals surface area contributed by atoms with Crippen molar-refractivity contribution in [1.29, 1.82) is 0 Å². The van der Waals surface area contributed by atoms with Crippen LogP contribution in [0.5, 0.6) is 0 Å². The molecule has 1 aliphatic carbocycles. The Morgan fingerprint density at radius 3 is 2.38 bits per heavy atom. The molecule has 2 aliphatic heterocycles. The number of morpholine rings is 1. The van der Waals surface area contributed by atoms with Crippen LogP contribution in [-0.4, -0.2) is 79.3 Å². The van der Waals surface area contributed by atoms with Crippen LogP contribution in [0.1, 0.15) is 44.9 Å². The normalized spacial score (nSPS) is 23.6. The number of thiocarbonyl (C=S) groups is 1. The Kier molecular flexibility index (Phi) is 7.95. The molecule has 6 nitrogen and oxygen atoms in total. The number of ether oxygens (including phenoxy) is 1. The van der Waals surface area contributed by atoms with Crippen molar-refractivity contribution in [2.75, 3.05) is 52.5 Å². The van der Waals surface area contributed by atoms with Crippen molar-refractivity contribution in [3.05, 3.63) is 0 Å². The number of carbonyl (C=O) groups excluding carboxylic acids is 1. The van der Waals surface area contributed by atoms with Gasteiger partial charge < -0.3 is 20.3 Å². The van der Waals surface area contributed by atoms with Crippen molar-refractivity contribution in [2.24, 2.45) is 5.92 Å². The fourth-order valence-electron chi connectivity index (χ4n) is 4.24. The molecule has 0 spiro atoms. The van der Waals surface area contributed by atoms with E-state index in [2.05, 4.69) is 20.4 Å². The van der Waals surface area contributed by atoms with Crippen LogP contribution in [-0.2, 0) is 9.53 Å². The Hall–Kier alpha value is -0.920. The van der Waals surface area contributed by atoms with E-state index < -0.39 is 0 Å². The molecule has 3 fully saturated rings. The number of amides is 1. The smallest absolute Gasteiger partial charge is 0.225 e. The average Bonchev–Trinajstić information content (AvgIpc) is 2.69. The first-order valence-electron chi connectivity index (χ1n) is 10.4. The molecule has 1 amide bonds. The summed E-state index contributed by atoms with van der Waals surface area (Å²) in [5.41, 5.74) is 0. The van der Waals surface area contributed by atoms with E-state index in [0.717, 1.165) is 83.3 Å². The third-order valence-electron chi connectivity index (χ3n) is 5.91. The minimum atomic E-state index is 0.288. The third-order valence-corrected chi connectivity index (χ3v) is 6.18. The zero-order valence-corrected chi connectivity index (χ0v) is 16.7. The lowest BCUT2D eigenvalue weighted by Crippen LogP contribution is -2.51. The quantitative estimate of drug-likeness (QED) is 0.700. The van der Waals surface area contributed by atoms with Gasteiger partial charge in [0.25, 0.3) is 0 Å². The zero-order valence-electron chi connectivity index (χ0n) is 15.9. The number of hydrogen-bond acceptors (Lipinski definition) is 4. The molecule has 0 bridgehead atoms. The van der Waals surface area contributed by atoms with Crippen molar-refractivity contribution < 1.29 is 9.53 Å². The summed E-state index contributed by atoms with van der Waals surface area (Å²) >= 11 is 5.44. The van der Waals surface area contributed by atoms with Crippen molar-refractivity contribution in [3.63, 3.8) is 0 Å². The Morgan fingerprint density at radius 1 is 1.00 bits per heavy atom. The van der Waals surface area contributed by atoms with Crippen molar-refractivity contribution in [2.45, 2.75) is 51.0 Å². The van der Waals surface area contributed by atoms with Gasteiger partial charge in [-0.3, -0.25) is 9.69 Å². The number of nitrogens with zero attached hydrogens (tertiary/aromatic N) is 2. The van der Waals surface area contributed by atoms with Crippen molar-refractivity contribution in [1.82, 2.24) is 20.4 Å². The van der Waals surface area contributed by atoms with Gasteiger partial charge in [0.05, 0.1) is 13.2 Å². The van der Waals surface area contributed by atoms with Crippen LogP contribution in [0.2, 0.25) is 0 Å². The molecule has 26 heavy (non-hydrogen) atoms. The van der Waals surface area contributed by atoms with Gasteiger partial charge in [0.2, 0.25) is 5.91 Å². The highest BCUT2D eigenvalue weighted by atomic mass is 32.1. The summed E-state index contributed by atoms with van der Waals surface area (Å²) in [6.07, 6.45) is 7.90. The Morgan fingerprint density at radius 2 is 1.69 bits per heavy atom. The molecule has 2 N–H and O–H groups in total. The Balaban J connectivity index is 1.29. The van der Waals surface area contributed by atoms with E-state index >= 15 is 0 Å². The van der Waals surface area contributed by atoms with Gasteiger partial charge in [-0.15, -0.1) is 0 Å². The number of rotatable bonds is 5. The van der Waals surface area contributed by atoms with Gasteiger partial charge in [-0.1, -0.05) is 19.3 Å². The summed E-state index contributed by atoms with van der Waals surface area (Å²) in [6, 6.07) is 0.383. The summed E-state index contributed by atoms with van der Waals surface area (Å²) in [6.45, 7) is 7.28. The summed E-state index contributed by atoms with van der Waals surface area (Å²) in [7, 11) is 0. The van der Waals surface area contributed by atoms with Crippen LogP contribution < -0.4 is 10.6 Å². The van der Waals surface area contributed by atoms with Crippen molar-refractivity contribution in [3.8, 4) is 0 Å². The highest BCUT2D eigenvalue weighted by Crippen LogP contribution is 2.26. The summed E-state index contributed by atoms with van der Waals surface area (Å²) in [4.78, 5) is 17.1. The maximum Gasteiger partial charge on any atom is 0.225 e. The van der Waals surface area contributed by atoms with Gasteiger partial charge in [0, 0.05) is 51.2 Å². The van der Waals surface area contributed by atoms with E-state index in [0.29, 0.717) is 11.9 Å². The average molecular weight is 383 g/mol. The molecule has 0 unspecified atom stereocenters. The van der Waals surface area contributed by atoms with Crippen LogP contribution in [0, 0.1) is 5.92 Å². The maximum absolute atomic E-state index is 12.6. The first-order chi connectivity index (χ1) is 12.7. The number of carbonyl (C=O) groups is 1.